The van der Waals surface area contributed by atoms with Gasteiger partial charge in [-0.15, -0.1) is 0 Å². The van der Waals surface area contributed by atoms with Crippen LogP contribution in [0.25, 0.3) is 5.69 Å². The average molecular weight is 339 g/mol. The van der Waals surface area contributed by atoms with E-state index in [4.69, 9.17) is 0 Å². The summed E-state index contributed by atoms with van der Waals surface area (Å²) in [5.74, 6) is -1.26. The summed E-state index contributed by atoms with van der Waals surface area (Å²) in [6, 6.07) is 13.6. The number of amides is 1. The lowest BCUT2D eigenvalue weighted by Crippen LogP contribution is -2.27. The van der Waals surface area contributed by atoms with Crippen molar-refractivity contribution in [2.75, 3.05) is 7.05 Å². The Labute approximate surface area is 144 Å². The average Bonchev–Trinajstić information content (AvgIpc) is 3.13. The van der Waals surface area contributed by atoms with E-state index in [0.29, 0.717) is 12.1 Å². The number of phenolic OH excluding ortho intramolecular Hbond substituents is 1. The van der Waals surface area contributed by atoms with Gasteiger partial charge in [-0.2, -0.15) is 5.10 Å². The summed E-state index contributed by atoms with van der Waals surface area (Å²) in [6.07, 6.45) is 3.66. The number of halogens is 1. The van der Waals surface area contributed by atoms with E-state index >= 15 is 0 Å². The van der Waals surface area contributed by atoms with Crippen LogP contribution in [0.1, 0.15) is 11.1 Å². The number of aromatic hydroxyl groups is 1. The van der Waals surface area contributed by atoms with Crippen molar-refractivity contribution in [2.24, 2.45) is 0 Å². The summed E-state index contributed by atoms with van der Waals surface area (Å²) < 4.78 is 15.1. The fourth-order valence-electron chi connectivity index (χ4n) is 2.51. The molecule has 1 amide bonds. The normalized spacial score (nSPS) is 10.6. The summed E-state index contributed by atoms with van der Waals surface area (Å²) in [6.45, 7) is 0.457. The molecule has 3 aromatic rings. The first-order chi connectivity index (χ1) is 12.0. The van der Waals surface area contributed by atoms with Crippen LogP contribution in [0.15, 0.2) is 60.9 Å². The highest BCUT2D eigenvalue weighted by Gasteiger charge is 2.12. The molecule has 0 bridgehead atoms. The van der Waals surface area contributed by atoms with Crippen LogP contribution in [0.3, 0.4) is 0 Å². The molecule has 1 aromatic heterocycles. The van der Waals surface area contributed by atoms with Crippen LogP contribution in [0, 0.1) is 5.82 Å². The predicted octanol–water partition coefficient (Wildman–Crippen LogP) is 2.92. The second kappa shape index (κ2) is 7.17. The molecule has 0 saturated heterocycles. The Bertz CT molecular complexity index is 861. The Morgan fingerprint density at radius 3 is 2.56 bits per heavy atom. The maximum Gasteiger partial charge on any atom is 0.227 e. The first kappa shape index (κ1) is 16.7. The van der Waals surface area contributed by atoms with Gasteiger partial charge in [-0.05, 0) is 41.5 Å². The lowest BCUT2D eigenvalue weighted by atomic mass is 10.1. The highest BCUT2D eigenvalue weighted by atomic mass is 19.1. The number of nitrogens with zero attached hydrogens (tertiary/aromatic N) is 3. The van der Waals surface area contributed by atoms with Crippen molar-refractivity contribution in [2.45, 2.75) is 13.0 Å². The van der Waals surface area contributed by atoms with E-state index in [0.717, 1.165) is 11.3 Å². The summed E-state index contributed by atoms with van der Waals surface area (Å²) in [4.78, 5) is 13.9. The third-order valence-electron chi connectivity index (χ3n) is 3.92. The quantitative estimate of drug-likeness (QED) is 0.777. The van der Waals surface area contributed by atoms with E-state index in [9.17, 15) is 14.3 Å². The summed E-state index contributed by atoms with van der Waals surface area (Å²) in [5, 5.41) is 13.4. The molecule has 0 aliphatic carbocycles. The van der Waals surface area contributed by atoms with Gasteiger partial charge >= 0.3 is 0 Å². The van der Waals surface area contributed by atoms with Crippen molar-refractivity contribution < 1.29 is 14.3 Å². The minimum Gasteiger partial charge on any atom is -0.505 e. The first-order valence-corrected chi connectivity index (χ1v) is 7.83. The van der Waals surface area contributed by atoms with Gasteiger partial charge in [0.15, 0.2) is 11.6 Å². The fourth-order valence-corrected chi connectivity index (χ4v) is 2.51. The van der Waals surface area contributed by atoms with Crippen LogP contribution >= 0.6 is 0 Å². The van der Waals surface area contributed by atoms with Crippen LogP contribution in [-0.2, 0) is 17.8 Å². The van der Waals surface area contributed by atoms with Crippen LogP contribution in [-0.4, -0.2) is 32.7 Å². The highest BCUT2D eigenvalue weighted by molar-refractivity contribution is 5.78. The number of carbonyl (C=O) groups excluding carboxylic acids is 1. The molecule has 0 aliphatic rings. The van der Waals surface area contributed by atoms with Gasteiger partial charge in [-0.3, -0.25) is 4.79 Å². The molecular formula is C19H18FN3O2. The van der Waals surface area contributed by atoms with Gasteiger partial charge in [-0.25, -0.2) is 9.07 Å². The van der Waals surface area contributed by atoms with Crippen LogP contribution in [0.5, 0.6) is 5.75 Å². The first-order valence-electron chi connectivity index (χ1n) is 7.83. The zero-order valence-electron chi connectivity index (χ0n) is 13.8. The van der Waals surface area contributed by atoms with Gasteiger partial charge in [0.05, 0.1) is 12.1 Å². The molecule has 0 spiro atoms. The van der Waals surface area contributed by atoms with Gasteiger partial charge in [0.2, 0.25) is 5.91 Å². The zero-order chi connectivity index (χ0) is 17.8. The van der Waals surface area contributed by atoms with Gasteiger partial charge in [0, 0.05) is 26.0 Å². The molecule has 0 aliphatic heterocycles. The second-order valence-corrected chi connectivity index (χ2v) is 5.83. The Hall–Kier alpha value is -3.15. The van der Waals surface area contributed by atoms with Crippen LogP contribution < -0.4 is 0 Å². The summed E-state index contributed by atoms with van der Waals surface area (Å²) in [5.41, 5.74) is 2.46. The number of hydrogen-bond acceptors (Lipinski definition) is 3. The van der Waals surface area contributed by atoms with Crippen molar-refractivity contribution in [3.8, 4) is 11.4 Å². The number of hydrogen-bond donors (Lipinski definition) is 1. The zero-order valence-corrected chi connectivity index (χ0v) is 13.8. The predicted molar refractivity (Wildman–Crippen MR) is 91.8 cm³/mol. The molecule has 25 heavy (non-hydrogen) atoms. The molecule has 2 aromatic carbocycles. The number of aromatic nitrogens is 2. The van der Waals surface area contributed by atoms with E-state index in [-0.39, 0.29) is 12.3 Å². The molecule has 6 heteroatoms. The Kier molecular flexibility index (Phi) is 4.79. The third kappa shape index (κ3) is 4.03. The molecule has 0 fully saturated rings. The molecule has 0 saturated carbocycles. The molecule has 0 unspecified atom stereocenters. The molecule has 1 heterocycles. The van der Waals surface area contributed by atoms with Crippen molar-refractivity contribution >= 4 is 5.91 Å². The Morgan fingerprint density at radius 2 is 1.92 bits per heavy atom. The van der Waals surface area contributed by atoms with E-state index in [1.165, 1.54) is 12.1 Å². The lowest BCUT2D eigenvalue weighted by molar-refractivity contribution is -0.129. The maximum absolute atomic E-state index is 13.3. The standard InChI is InChI=1S/C19H18FN3O2/c1-22(19(25)12-15-5-8-18(24)17(20)11-15)13-14-3-6-16(7-4-14)23-10-2-9-21-23/h2-11,24H,12-13H2,1H3. The van der Waals surface area contributed by atoms with Crippen molar-refractivity contribution in [1.29, 1.82) is 0 Å². The minimum atomic E-state index is -0.720. The number of rotatable bonds is 5. The number of phenols is 1. The molecule has 0 radical (unpaired) electrons. The molecule has 5 nitrogen and oxygen atoms in total. The molecular weight excluding hydrogens is 321 g/mol. The number of benzene rings is 2. The van der Waals surface area contributed by atoms with E-state index in [1.54, 1.807) is 28.9 Å². The van der Waals surface area contributed by atoms with Crippen molar-refractivity contribution in [3.05, 3.63) is 77.9 Å². The maximum atomic E-state index is 13.3. The van der Waals surface area contributed by atoms with Crippen LogP contribution in [0.4, 0.5) is 4.39 Å². The monoisotopic (exact) mass is 339 g/mol. The molecule has 1 N–H and O–H groups in total. The SMILES string of the molecule is CN(Cc1ccc(-n2cccn2)cc1)C(=O)Cc1ccc(O)c(F)c1. The van der Waals surface area contributed by atoms with E-state index in [1.807, 2.05) is 36.5 Å². The highest BCUT2D eigenvalue weighted by Crippen LogP contribution is 2.17. The largest absolute Gasteiger partial charge is 0.505 e. The van der Waals surface area contributed by atoms with Gasteiger partial charge < -0.3 is 10.0 Å². The summed E-state index contributed by atoms with van der Waals surface area (Å²) in [7, 11) is 1.71. The van der Waals surface area contributed by atoms with E-state index in [2.05, 4.69) is 5.10 Å². The third-order valence-corrected chi connectivity index (χ3v) is 3.92. The Morgan fingerprint density at radius 1 is 1.20 bits per heavy atom. The van der Waals surface area contributed by atoms with E-state index < -0.39 is 11.6 Å². The Balaban J connectivity index is 1.62. The molecule has 0 atom stereocenters. The number of carbonyl (C=O) groups is 1. The second-order valence-electron chi connectivity index (χ2n) is 5.83. The fraction of sp³-hybridized carbons (Fsp3) is 0.158. The topological polar surface area (TPSA) is 58.4 Å². The molecule has 3 rings (SSSR count). The smallest absolute Gasteiger partial charge is 0.227 e. The number of likely N-dealkylation sites (N-methyl/N-ethyl adjacent to an activating group) is 1. The van der Waals surface area contributed by atoms with Crippen LogP contribution in [0.2, 0.25) is 0 Å². The lowest BCUT2D eigenvalue weighted by Gasteiger charge is -2.17. The van der Waals surface area contributed by atoms with Gasteiger partial charge in [-0.1, -0.05) is 18.2 Å². The van der Waals surface area contributed by atoms with Gasteiger partial charge in [0.1, 0.15) is 0 Å². The minimum absolute atomic E-state index is 0.0824. The van der Waals surface area contributed by atoms with Crippen molar-refractivity contribution in [3.63, 3.8) is 0 Å². The summed E-state index contributed by atoms with van der Waals surface area (Å²) >= 11 is 0. The van der Waals surface area contributed by atoms with Gasteiger partial charge in [0.25, 0.3) is 0 Å². The molecule has 128 valence electrons. The van der Waals surface area contributed by atoms with Crippen molar-refractivity contribution in [1.82, 2.24) is 14.7 Å².